The minimum absolute atomic E-state index is 0.226. The van der Waals surface area contributed by atoms with Crippen LogP contribution in [0.4, 0.5) is 4.39 Å². The van der Waals surface area contributed by atoms with Crippen molar-refractivity contribution < 1.29 is 33.0 Å². The van der Waals surface area contributed by atoms with Crippen molar-refractivity contribution in [3.05, 3.63) is 59.4 Å². The summed E-state index contributed by atoms with van der Waals surface area (Å²) in [5.74, 6) is -1.48. The molecule has 2 rings (SSSR count). The van der Waals surface area contributed by atoms with E-state index in [0.29, 0.717) is 17.1 Å². The van der Waals surface area contributed by atoms with Crippen molar-refractivity contribution in [2.45, 2.75) is 26.8 Å². The first-order valence-corrected chi connectivity index (χ1v) is 10.6. The number of hydrogen-bond acceptors (Lipinski definition) is 7. The van der Waals surface area contributed by atoms with Crippen molar-refractivity contribution in [3.8, 4) is 11.5 Å². The molecule has 2 aromatic rings. The third kappa shape index (κ3) is 7.88. The number of amides is 2. The minimum atomic E-state index is -0.858. The second-order valence-corrected chi connectivity index (χ2v) is 7.44. The molecule has 34 heavy (non-hydrogen) atoms. The number of nitrogens with zero attached hydrogens (tertiary/aromatic N) is 1. The predicted octanol–water partition coefficient (Wildman–Crippen LogP) is 2.68. The van der Waals surface area contributed by atoms with Crippen LogP contribution in [0.5, 0.6) is 11.5 Å². The van der Waals surface area contributed by atoms with Gasteiger partial charge in [0.2, 0.25) is 0 Å². The van der Waals surface area contributed by atoms with E-state index in [-0.39, 0.29) is 24.7 Å². The molecular weight excluding hydrogens is 445 g/mol. The van der Waals surface area contributed by atoms with Gasteiger partial charge in [-0.05, 0) is 60.9 Å². The highest BCUT2D eigenvalue weighted by molar-refractivity contribution is 5.97. The van der Waals surface area contributed by atoms with Gasteiger partial charge in [-0.1, -0.05) is 13.8 Å². The topological polar surface area (TPSA) is 115 Å². The maximum Gasteiger partial charge on any atom is 0.344 e. The average Bonchev–Trinajstić information content (AvgIpc) is 2.81. The van der Waals surface area contributed by atoms with E-state index in [4.69, 9.17) is 14.2 Å². The van der Waals surface area contributed by atoms with Gasteiger partial charge >= 0.3 is 5.97 Å². The van der Waals surface area contributed by atoms with Crippen LogP contribution in [0.3, 0.4) is 0 Å². The summed E-state index contributed by atoms with van der Waals surface area (Å²) in [5.41, 5.74) is 3.24. The van der Waals surface area contributed by atoms with Crippen LogP contribution in [0, 0.1) is 11.7 Å². The Morgan fingerprint density at radius 3 is 2.41 bits per heavy atom. The van der Waals surface area contributed by atoms with Gasteiger partial charge in [0, 0.05) is 5.56 Å². The number of esters is 1. The number of hydrazone groups is 1. The largest absolute Gasteiger partial charge is 0.493 e. The van der Waals surface area contributed by atoms with Crippen molar-refractivity contribution in [1.82, 2.24) is 10.7 Å². The highest BCUT2D eigenvalue weighted by Crippen LogP contribution is 2.27. The summed E-state index contributed by atoms with van der Waals surface area (Å²) in [4.78, 5) is 36.4. The van der Waals surface area contributed by atoms with E-state index in [1.165, 1.54) is 37.6 Å². The van der Waals surface area contributed by atoms with E-state index in [2.05, 4.69) is 15.8 Å². The Balaban J connectivity index is 2.00. The SMILES string of the molecule is CCOC(=O)COc1ccc(/C=N/NC(=O)C(NC(=O)c2ccc(F)cc2)C(C)C)cc1OC. The van der Waals surface area contributed by atoms with Gasteiger partial charge in [-0.2, -0.15) is 5.10 Å². The molecule has 0 heterocycles. The molecule has 9 nitrogen and oxygen atoms in total. The third-order valence-corrected chi connectivity index (χ3v) is 4.57. The smallest absolute Gasteiger partial charge is 0.344 e. The number of rotatable bonds is 11. The fraction of sp³-hybridized carbons (Fsp3) is 0.333. The first-order chi connectivity index (χ1) is 16.2. The first kappa shape index (κ1) is 26.3. The molecule has 0 spiro atoms. The summed E-state index contributed by atoms with van der Waals surface area (Å²) in [6, 6.07) is 9.04. The van der Waals surface area contributed by atoms with E-state index in [9.17, 15) is 18.8 Å². The molecule has 2 N–H and O–H groups in total. The van der Waals surface area contributed by atoms with Crippen molar-refractivity contribution in [2.24, 2.45) is 11.0 Å². The molecule has 0 radical (unpaired) electrons. The average molecular weight is 474 g/mol. The molecule has 1 atom stereocenters. The second-order valence-electron chi connectivity index (χ2n) is 7.44. The van der Waals surface area contributed by atoms with Crippen molar-refractivity contribution in [3.63, 3.8) is 0 Å². The summed E-state index contributed by atoms with van der Waals surface area (Å²) in [6.07, 6.45) is 1.40. The highest BCUT2D eigenvalue weighted by atomic mass is 19.1. The maximum absolute atomic E-state index is 13.1. The number of carbonyl (C=O) groups excluding carboxylic acids is 3. The predicted molar refractivity (Wildman–Crippen MR) is 123 cm³/mol. The van der Waals surface area contributed by atoms with E-state index < -0.39 is 29.6 Å². The highest BCUT2D eigenvalue weighted by Gasteiger charge is 2.24. The Morgan fingerprint density at radius 2 is 1.79 bits per heavy atom. The van der Waals surface area contributed by atoms with Gasteiger partial charge in [-0.15, -0.1) is 0 Å². The van der Waals surface area contributed by atoms with Crippen molar-refractivity contribution in [1.29, 1.82) is 0 Å². The monoisotopic (exact) mass is 473 g/mol. The van der Waals surface area contributed by atoms with Crippen LogP contribution in [-0.4, -0.2) is 50.4 Å². The molecule has 2 amide bonds. The lowest BCUT2D eigenvalue weighted by Gasteiger charge is -2.20. The van der Waals surface area contributed by atoms with Crippen LogP contribution in [-0.2, 0) is 14.3 Å². The number of nitrogens with one attached hydrogen (secondary N) is 2. The Morgan fingerprint density at radius 1 is 1.09 bits per heavy atom. The number of hydrogen-bond donors (Lipinski definition) is 2. The number of methoxy groups -OCH3 is 1. The van der Waals surface area contributed by atoms with Crippen LogP contribution in [0.1, 0.15) is 36.7 Å². The Hall–Kier alpha value is -3.95. The summed E-state index contributed by atoms with van der Waals surface area (Å²) in [6.45, 7) is 5.26. The van der Waals surface area contributed by atoms with E-state index in [1.54, 1.807) is 39.0 Å². The minimum Gasteiger partial charge on any atom is -0.493 e. The van der Waals surface area contributed by atoms with Crippen LogP contribution < -0.4 is 20.2 Å². The lowest BCUT2D eigenvalue weighted by molar-refractivity contribution is -0.145. The van der Waals surface area contributed by atoms with Gasteiger partial charge in [0.1, 0.15) is 11.9 Å². The molecule has 0 fully saturated rings. The zero-order chi connectivity index (χ0) is 25.1. The van der Waals surface area contributed by atoms with Gasteiger partial charge in [0.15, 0.2) is 18.1 Å². The van der Waals surface area contributed by atoms with Crippen molar-refractivity contribution >= 4 is 24.0 Å². The fourth-order valence-electron chi connectivity index (χ4n) is 2.82. The van der Waals surface area contributed by atoms with E-state index in [1.807, 2.05) is 0 Å². The zero-order valence-electron chi connectivity index (χ0n) is 19.5. The van der Waals surface area contributed by atoms with E-state index in [0.717, 1.165) is 0 Å². The van der Waals surface area contributed by atoms with Crippen LogP contribution in [0.2, 0.25) is 0 Å². The van der Waals surface area contributed by atoms with Gasteiger partial charge in [-0.3, -0.25) is 9.59 Å². The van der Waals surface area contributed by atoms with Gasteiger partial charge in [0.25, 0.3) is 11.8 Å². The standard InChI is InChI=1S/C24H28FN3O6/c1-5-33-21(29)14-34-19-11-6-16(12-20(19)32-4)13-26-28-24(31)22(15(2)3)27-23(30)17-7-9-18(25)10-8-17/h6-13,15,22H,5,14H2,1-4H3,(H,27,30)(H,28,31)/b26-13+. The molecule has 0 aliphatic heterocycles. The van der Waals surface area contributed by atoms with Crippen LogP contribution in [0.25, 0.3) is 0 Å². The quantitative estimate of drug-likeness (QED) is 0.295. The number of benzene rings is 2. The Bertz CT molecular complexity index is 1020. The molecule has 0 bridgehead atoms. The van der Waals surface area contributed by atoms with Gasteiger partial charge < -0.3 is 19.5 Å². The van der Waals surface area contributed by atoms with Crippen LogP contribution >= 0.6 is 0 Å². The first-order valence-electron chi connectivity index (χ1n) is 10.6. The molecule has 0 aromatic heterocycles. The maximum atomic E-state index is 13.1. The number of carbonyl (C=O) groups is 3. The van der Waals surface area contributed by atoms with Crippen molar-refractivity contribution in [2.75, 3.05) is 20.3 Å². The number of ether oxygens (including phenoxy) is 3. The van der Waals surface area contributed by atoms with Crippen LogP contribution in [0.15, 0.2) is 47.6 Å². The van der Waals surface area contributed by atoms with Gasteiger partial charge in [0.05, 0.1) is 19.9 Å². The van der Waals surface area contributed by atoms with E-state index >= 15 is 0 Å². The fourth-order valence-corrected chi connectivity index (χ4v) is 2.82. The molecule has 0 saturated heterocycles. The lowest BCUT2D eigenvalue weighted by Crippen LogP contribution is -2.48. The number of halogens is 1. The Labute approximate surface area is 197 Å². The lowest BCUT2D eigenvalue weighted by atomic mass is 10.0. The summed E-state index contributed by atoms with van der Waals surface area (Å²) < 4.78 is 28.6. The molecular formula is C24H28FN3O6. The second kappa shape index (κ2) is 12.9. The summed E-state index contributed by atoms with van der Waals surface area (Å²) in [7, 11) is 1.45. The van der Waals surface area contributed by atoms with Gasteiger partial charge in [-0.25, -0.2) is 14.6 Å². The molecule has 1 unspecified atom stereocenters. The molecule has 10 heteroatoms. The third-order valence-electron chi connectivity index (χ3n) is 4.57. The normalized spacial score (nSPS) is 11.7. The molecule has 2 aromatic carbocycles. The zero-order valence-corrected chi connectivity index (χ0v) is 19.5. The Kier molecular flexibility index (Phi) is 10.0. The summed E-state index contributed by atoms with van der Waals surface area (Å²) in [5, 5.41) is 6.58. The molecule has 182 valence electrons. The summed E-state index contributed by atoms with van der Waals surface area (Å²) >= 11 is 0. The molecule has 0 saturated carbocycles. The molecule has 0 aliphatic rings. The molecule has 0 aliphatic carbocycles.